The van der Waals surface area contributed by atoms with Crippen molar-refractivity contribution >= 4 is 5.97 Å². The van der Waals surface area contributed by atoms with Gasteiger partial charge in [0.2, 0.25) is 0 Å². The van der Waals surface area contributed by atoms with Gasteiger partial charge >= 0.3 is 5.97 Å². The molecule has 1 aromatic heterocycles. The highest BCUT2D eigenvalue weighted by Gasteiger charge is 2.11. The zero-order valence-electron chi connectivity index (χ0n) is 10.8. The van der Waals surface area contributed by atoms with Gasteiger partial charge in [0, 0.05) is 0 Å². The highest BCUT2D eigenvalue weighted by molar-refractivity contribution is 5.90. The molecule has 6 nitrogen and oxygen atoms in total. The summed E-state index contributed by atoms with van der Waals surface area (Å²) in [4.78, 5) is 11.8. The van der Waals surface area contributed by atoms with Gasteiger partial charge in [0.1, 0.15) is 0 Å². The first kappa shape index (κ1) is 13.2. The fraction of sp³-hybridized carbons (Fsp3) is 0.308. The Kier molecular flexibility index (Phi) is 3.91. The average Bonchev–Trinajstić information content (AvgIpc) is 2.86. The highest BCUT2D eigenvalue weighted by atomic mass is 16.5. The number of rotatable bonds is 4. The molecule has 1 heterocycles. The lowest BCUT2D eigenvalue weighted by atomic mass is 10.2. The Bertz CT molecular complexity index is 578. The second kappa shape index (κ2) is 5.62. The maximum Gasteiger partial charge on any atom is 0.338 e. The van der Waals surface area contributed by atoms with E-state index in [0.29, 0.717) is 16.9 Å². The molecular formula is C13H15N3O3. The van der Waals surface area contributed by atoms with Crippen LogP contribution in [0.4, 0.5) is 0 Å². The van der Waals surface area contributed by atoms with E-state index in [4.69, 9.17) is 4.74 Å². The molecular weight excluding hydrogens is 246 g/mol. The van der Waals surface area contributed by atoms with Crippen molar-refractivity contribution in [2.75, 3.05) is 0 Å². The first-order valence-electron chi connectivity index (χ1n) is 5.93. The molecule has 2 rings (SSSR count). The summed E-state index contributed by atoms with van der Waals surface area (Å²) in [6, 6.07) is 6.83. The Morgan fingerprint density at radius 3 is 2.95 bits per heavy atom. The van der Waals surface area contributed by atoms with E-state index in [9.17, 15) is 9.90 Å². The van der Waals surface area contributed by atoms with Crippen LogP contribution in [0.25, 0.3) is 5.69 Å². The maximum atomic E-state index is 11.8. The van der Waals surface area contributed by atoms with Gasteiger partial charge in [0.05, 0.1) is 35.9 Å². The molecule has 0 unspecified atom stereocenters. The Balaban J connectivity index is 2.32. The van der Waals surface area contributed by atoms with Crippen molar-refractivity contribution in [1.82, 2.24) is 15.0 Å². The molecule has 0 saturated carbocycles. The van der Waals surface area contributed by atoms with Gasteiger partial charge in [-0.25, -0.2) is 9.48 Å². The number of hydrogen-bond donors (Lipinski definition) is 1. The maximum absolute atomic E-state index is 11.8. The molecule has 2 aromatic rings. The first-order valence-corrected chi connectivity index (χ1v) is 5.93. The molecule has 0 saturated heterocycles. The third kappa shape index (κ3) is 2.97. The summed E-state index contributed by atoms with van der Waals surface area (Å²) in [7, 11) is 0. The molecule has 1 N–H and O–H groups in total. The van der Waals surface area contributed by atoms with E-state index in [-0.39, 0.29) is 18.7 Å². The number of aliphatic hydroxyl groups excluding tert-OH is 1. The van der Waals surface area contributed by atoms with Crippen LogP contribution >= 0.6 is 0 Å². The van der Waals surface area contributed by atoms with Crippen LogP contribution in [0.2, 0.25) is 0 Å². The van der Waals surface area contributed by atoms with Gasteiger partial charge in [-0.3, -0.25) is 0 Å². The molecule has 6 heteroatoms. The summed E-state index contributed by atoms with van der Waals surface area (Å²) in [6.45, 7) is 3.42. The number of carbonyl (C=O) groups excluding carboxylic acids is 1. The van der Waals surface area contributed by atoms with Crippen molar-refractivity contribution in [3.63, 3.8) is 0 Å². The van der Waals surface area contributed by atoms with Gasteiger partial charge in [-0.1, -0.05) is 11.3 Å². The summed E-state index contributed by atoms with van der Waals surface area (Å²) in [5.74, 6) is -0.387. The van der Waals surface area contributed by atoms with E-state index in [1.54, 1.807) is 38.1 Å². The van der Waals surface area contributed by atoms with Crippen LogP contribution in [0, 0.1) is 0 Å². The molecule has 0 aliphatic heterocycles. The molecule has 1 aromatic carbocycles. The fourth-order valence-electron chi connectivity index (χ4n) is 1.63. The topological polar surface area (TPSA) is 77.2 Å². The number of aromatic nitrogens is 3. The molecule has 19 heavy (non-hydrogen) atoms. The molecule has 0 atom stereocenters. The third-order valence-corrected chi connectivity index (χ3v) is 2.45. The van der Waals surface area contributed by atoms with Gasteiger partial charge < -0.3 is 9.84 Å². The number of esters is 1. The van der Waals surface area contributed by atoms with Gasteiger partial charge in [0.15, 0.2) is 0 Å². The second-order valence-corrected chi connectivity index (χ2v) is 4.30. The lowest BCUT2D eigenvalue weighted by molar-refractivity contribution is 0.0378. The summed E-state index contributed by atoms with van der Waals surface area (Å²) in [6.07, 6.45) is 1.30. The van der Waals surface area contributed by atoms with E-state index < -0.39 is 0 Å². The first-order chi connectivity index (χ1) is 9.11. The lowest BCUT2D eigenvalue weighted by Crippen LogP contribution is -2.12. The average molecular weight is 261 g/mol. The highest BCUT2D eigenvalue weighted by Crippen LogP contribution is 2.13. The van der Waals surface area contributed by atoms with E-state index in [1.807, 2.05) is 0 Å². The molecule has 0 bridgehead atoms. The summed E-state index contributed by atoms with van der Waals surface area (Å²) < 4.78 is 6.61. The predicted octanol–water partition coefficient (Wildman–Crippen LogP) is 1.32. The van der Waals surface area contributed by atoms with Crippen LogP contribution in [0.5, 0.6) is 0 Å². The Hall–Kier alpha value is -2.21. The van der Waals surface area contributed by atoms with Gasteiger partial charge in [-0.2, -0.15) is 0 Å². The number of benzene rings is 1. The van der Waals surface area contributed by atoms with Crippen molar-refractivity contribution < 1.29 is 14.6 Å². The zero-order valence-corrected chi connectivity index (χ0v) is 10.8. The van der Waals surface area contributed by atoms with E-state index in [2.05, 4.69) is 10.3 Å². The lowest BCUT2D eigenvalue weighted by Gasteiger charge is -2.09. The van der Waals surface area contributed by atoms with Gasteiger partial charge in [-0.15, -0.1) is 5.10 Å². The normalized spacial score (nSPS) is 10.7. The van der Waals surface area contributed by atoms with Crippen LogP contribution in [0.3, 0.4) is 0 Å². The third-order valence-electron chi connectivity index (χ3n) is 2.45. The van der Waals surface area contributed by atoms with Crippen molar-refractivity contribution in [3.8, 4) is 5.69 Å². The van der Waals surface area contributed by atoms with Crippen molar-refractivity contribution in [3.05, 3.63) is 41.7 Å². The minimum atomic E-state index is -0.387. The van der Waals surface area contributed by atoms with Crippen molar-refractivity contribution in [2.24, 2.45) is 0 Å². The van der Waals surface area contributed by atoms with Gasteiger partial charge in [0.25, 0.3) is 0 Å². The molecule has 100 valence electrons. The number of nitrogens with zero attached hydrogens (tertiary/aromatic N) is 3. The summed E-state index contributed by atoms with van der Waals surface area (Å²) in [5.41, 5.74) is 1.64. The Morgan fingerprint density at radius 2 is 2.26 bits per heavy atom. The van der Waals surface area contributed by atoms with Crippen molar-refractivity contribution in [1.29, 1.82) is 0 Å². The molecule has 0 fully saturated rings. The van der Waals surface area contributed by atoms with Crippen LogP contribution < -0.4 is 0 Å². The number of carbonyl (C=O) groups is 1. The number of ether oxygens (including phenoxy) is 1. The smallest absolute Gasteiger partial charge is 0.338 e. The molecule has 0 amide bonds. The predicted molar refractivity (Wildman–Crippen MR) is 67.8 cm³/mol. The van der Waals surface area contributed by atoms with Crippen LogP contribution in [0.15, 0.2) is 30.5 Å². The standard InChI is InChI=1S/C13H15N3O3/c1-9(2)19-13(18)10-4-3-5-11(6-10)16-12(8-17)7-14-15-16/h3-7,9,17H,8H2,1-2H3. The Morgan fingerprint density at radius 1 is 1.47 bits per heavy atom. The Labute approximate surface area is 110 Å². The van der Waals surface area contributed by atoms with Gasteiger partial charge in [-0.05, 0) is 32.0 Å². The van der Waals surface area contributed by atoms with E-state index in [0.717, 1.165) is 0 Å². The minimum absolute atomic E-state index is 0.171. The van der Waals surface area contributed by atoms with E-state index in [1.165, 1.54) is 10.9 Å². The van der Waals surface area contributed by atoms with E-state index >= 15 is 0 Å². The monoisotopic (exact) mass is 261 g/mol. The zero-order chi connectivity index (χ0) is 13.8. The van der Waals surface area contributed by atoms with Crippen molar-refractivity contribution in [2.45, 2.75) is 26.6 Å². The molecule has 0 spiro atoms. The summed E-state index contributed by atoms with van der Waals surface area (Å²) in [5, 5.41) is 16.8. The molecule has 0 radical (unpaired) electrons. The SMILES string of the molecule is CC(C)OC(=O)c1cccc(-n2nncc2CO)c1. The van der Waals surface area contributed by atoms with Crippen LogP contribution in [0.1, 0.15) is 29.9 Å². The minimum Gasteiger partial charge on any atom is -0.459 e. The second-order valence-electron chi connectivity index (χ2n) is 4.30. The largest absolute Gasteiger partial charge is 0.459 e. The summed E-state index contributed by atoms with van der Waals surface area (Å²) >= 11 is 0. The fourth-order valence-corrected chi connectivity index (χ4v) is 1.63. The van der Waals surface area contributed by atoms with Crippen LogP contribution in [-0.4, -0.2) is 32.2 Å². The van der Waals surface area contributed by atoms with Crippen LogP contribution in [-0.2, 0) is 11.3 Å². The quantitative estimate of drug-likeness (QED) is 0.840. The number of aliphatic hydroxyl groups is 1. The molecule has 0 aliphatic carbocycles. The molecule has 0 aliphatic rings. The number of hydrogen-bond acceptors (Lipinski definition) is 5.